The van der Waals surface area contributed by atoms with Crippen LogP contribution in [0.5, 0.6) is 0 Å². The summed E-state index contributed by atoms with van der Waals surface area (Å²) in [6, 6.07) is 6.33. The van der Waals surface area contributed by atoms with Crippen molar-refractivity contribution in [1.82, 2.24) is 4.98 Å². The molecule has 0 spiro atoms. The van der Waals surface area contributed by atoms with Gasteiger partial charge in [-0.15, -0.1) is 0 Å². The number of ketones is 1. The lowest BCUT2D eigenvalue weighted by Crippen LogP contribution is -2.00. The van der Waals surface area contributed by atoms with Crippen LogP contribution in [0.2, 0.25) is 0 Å². The molecule has 0 aliphatic carbocycles. The number of nitro groups is 1. The summed E-state index contributed by atoms with van der Waals surface area (Å²) in [5.41, 5.74) is 0.546. The summed E-state index contributed by atoms with van der Waals surface area (Å²) in [4.78, 5) is 26.0. The van der Waals surface area contributed by atoms with Gasteiger partial charge in [-0.25, -0.2) is 4.98 Å². The standard InChI is InChI=1S/C12H10N2O3/c1-2-11(15)9-6-8-4-3-5-13-12(8)10(7-9)14(16)17/h3-7H,2H2,1H3. The van der Waals surface area contributed by atoms with Crippen LogP contribution in [-0.2, 0) is 0 Å². The Bertz CT molecular complexity index is 608. The van der Waals surface area contributed by atoms with Gasteiger partial charge in [0.1, 0.15) is 5.52 Å². The molecule has 1 aromatic heterocycles. The number of hydrogen-bond donors (Lipinski definition) is 0. The Labute approximate surface area is 97.2 Å². The zero-order valence-corrected chi connectivity index (χ0v) is 9.21. The molecule has 17 heavy (non-hydrogen) atoms. The molecule has 0 saturated heterocycles. The van der Waals surface area contributed by atoms with E-state index in [4.69, 9.17) is 0 Å². The van der Waals surface area contributed by atoms with E-state index in [9.17, 15) is 14.9 Å². The van der Waals surface area contributed by atoms with Gasteiger partial charge in [-0.1, -0.05) is 13.0 Å². The number of fused-ring (bicyclic) bond motifs is 1. The SMILES string of the molecule is CCC(=O)c1cc([N+](=O)[O-])c2ncccc2c1. The summed E-state index contributed by atoms with van der Waals surface area (Å²) in [5.74, 6) is -0.112. The maximum absolute atomic E-state index is 11.6. The first kappa shape index (κ1) is 11.2. The monoisotopic (exact) mass is 230 g/mol. The van der Waals surface area contributed by atoms with E-state index in [2.05, 4.69) is 4.98 Å². The molecular weight excluding hydrogens is 220 g/mol. The third-order valence-corrected chi connectivity index (χ3v) is 2.52. The number of hydrogen-bond acceptors (Lipinski definition) is 4. The molecule has 1 aromatic carbocycles. The van der Waals surface area contributed by atoms with Gasteiger partial charge in [0.05, 0.1) is 4.92 Å². The van der Waals surface area contributed by atoms with E-state index in [-0.39, 0.29) is 11.5 Å². The van der Waals surface area contributed by atoms with Crippen molar-refractivity contribution in [2.24, 2.45) is 0 Å². The average Bonchev–Trinajstić information content (AvgIpc) is 2.36. The normalized spacial score (nSPS) is 10.4. The molecule has 0 radical (unpaired) electrons. The molecule has 2 rings (SSSR count). The van der Waals surface area contributed by atoms with Crippen molar-refractivity contribution in [3.05, 3.63) is 46.1 Å². The summed E-state index contributed by atoms with van der Waals surface area (Å²) in [6.45, 7) is 1.72. The van der Waals surface area contributed by atoms with Crippen LogP contribution in [0.4, 0.5) is 5.69 Å². The van der Waals surface area contributed by atoms with Crippen LogP contribution in [0.25, 0.3) is 10.9 Å². The zero-order chi connectivity index (χ0) is 12.4. The largest absolute Gasteiger partial charge is 0.296 e. The highest BCUT2D eigenvalue weighted by atomic mass is 16.6. The Morgan fingerprint density at radius 3 is 2.88 bits per heavy atom. The van der Waals surface area contributed by atoms with Crippen LogP contribution in [0.3, 0.4) is 0 Å². The molecule has 0 fully saturated rings. The molecule has 0 N–H and O–H groups in total. The summed E-state index contributed by atoms with van der Waals surface area (Å²) in [7, 11) is 0. The molecule has 0 unspecified atom stereocenters. The summed E-state index contributed by atoms with van der Waals surface area (Å²) in [5, 5.41) is 11.5. The maximum Gasteiger partial charge on any atom is 0.296 e. The molecule has 5 heteroatoms. The third kappa shape index (κ3) is 1.99. The highest BCUT2D eigenvalue weighted by Crippen LogP contribution is 2.25. The van der Waals surface area contributed by atoms with Crippen molar-refractivity contribution in [3.8, 4) is 0 Å². The van der Waals surface area contributed by atoms with Crippen LogP contribution >= 0.6 is 0 Å². The van der Waals surface area contributed by atoms with E-state index in [1.54, 1.807) is 25.1 Å². The van der Waals surface area contributed by atoms with Gasteiger partial charge in [-0.05, 0) is 12.1 Å². The number of benzene rings is 1. The van der Waals surface area contributed by atoms with Gasteiger partial charge in [-0.2, -0.15) is 0 Å². The van der Waals surface area contributed by atoms with E-state index in [0.717, 1.165) is 0 Å². The molecular formula is C12H10N2O3. The minimum absolute atomic E-state index is 0.112. The minimum Gasteiger partial charge on any atom is -0.294 e. The Balaban J connectivity index is 2.76. The Morgan fingerprint density at radius 1 is 1.47 bits per heavy atom. The molecule has 86 valence electrons. The molecule has 1 heterocycles. The van der Waals surface area contributed by atoms with E-state index >= 15 is 0 Å². The predicted molar refractivity (Wildman–Crippen MR) is 63.0 cm³/mol. The first-order valence-electron chi connectivity index (χ1n) is 5.20. The quantitative estimate of drug-likeness (QED) is 0.461. The molecule has 0 amide bonds. The molecule has 0 atom stereocenters. The zero-order valence-electron chi connectivity index (χ0n) is 9.21. The maximum atomic E-state index is 11.6. The van der Waals surface area contributed by atoms with E-state index in [1.165, 1.54) is 12.3 Å². The fraction of sp³-hybridized carbons (Fsp3) is 0.167. The van der Waals surface area contributed by atoms with Crippen LogP contribution in [-0.4, -0.2) is 15.7 Å². The summed E-state index contributed by atoms with van der Waals surface area (Å²) >= 11 is 0. The Hall–Kier alpha value is -2.30. The molecule has 5 nitrogen and oxygen atoms in total. The van der Waals surface area contributed by atoms with E-state index < -0.39 is 4.92 Å². The highest BCUT2D eigenvalue weighted by Gasteiger charge is 2.17. The fourth-order valence-corrected chi connectivity index (χ4v) is 1.68. The number of nitro benzene ring substituents is 1. The predicted octanol–water partition coefficient (Wildman–Crippen LogP) is 2.74. The van der Waals surface area contributed by atoms with Gasteiger partial charge in [0.15, 0.2) is 5.78 Å². The smallest absolute Gasteiger partial charge is 0.294 e. The number of carbonyl (C=O) groups excluding carboxylic acids is 1. The molecule has 2 aromatic rings. The summed E-state index contributed by atoms with van der Waals surface area (Å²) < 4.78 is 0. The van der Waals surface area contributed by atoms with Gasteiger partial charge in [0.25, 0.3) is 5.69 Å². The highest BCUT2D eigenvalue weighted by molar-refractivity contribution is 6.01. The van der Waals surface area contributed by atoms with Gasteiger partial charge in [0, 0.05) is 29.6 Å². The van der Waals surface area contributed by atoms with Crippen molar-refractivity contribution >= 4 is 22.4 Å². The van der Waals surface area contributed by atoms with Gasteiger partial charge < -0.3 is 0 Å². The molecule has 0 aliphatic heterocycles. The Morgan fingerprint density at radius 2 is 2.24 bits per heavy atom. The van der Waals surface area contributed by atoms with Crippen molar-refractivity contribution < 1.29 is 9.72 Å². The van der Waals surface area contributed by atoms with Crippen LogP contribution < -0.4 is 0 Å². The lowest BCUT2D eigenvalue weighted by molar-refractivity contribution is -0.383. The van der Waals surface area contributed by atoms with Crippen LogP contribution in [0.15, 0.2) is 30.5 Å². The third-order valence-electron chi connectivity index (χ3n) is 2.52. The minimum atomic E-state index is -0.512. The number of nitrogens with zero attached hydrogens (tertiary/aromatic N) is 2. The van der Waals surface area contributed by atoms with E-state index in [1.807, 2.05) is 0 Å². The number of carbonyl (C=O) groups is 1. The molecule has 0 aliphatic rings. The second-order valence-electron chi connectivity index (χ2n) is 3.60. The number of non-ortho nitro benzene ring substituents is 1. The topological polar surface area (TPSA) is 73.1 Å². The van der Waals surface area contributed by atoms with Gasteiger partial charge in [-0.3, -0.25) is 14.9 Å². The number of Topliss-reactive ketones (excluding diaryl/α,β-unsaturated/α-hetero) is 1. The lowest BCUT2D eigenvalue weighted by Gasteiger charge is -2.02. The van der Waals surface area contributed by atoms with Gasteiger partial charge >= 0.3 is 0 Å². The summed E-state index contributed by atoms with van der Waals surface area (Å²) in [6.07, 6.45) is 1.82. The van der Waals surface area contributed by atoms with E-state index in [0.29, 0.717) is 22.9 Å². The van der Waals surface area contributed by atoms with Crippen molar-refractivity contribution in [2.45, 2.75) is 13.3 Å². The van der Waals surface area contributed by atoms with Crippen molar-refractivity contribution in [2.75, 3.05) is 0 Å². The average molecular weight is 230 g/mol. The molecule has 0 bridgehead atoms. The second-order valence-corrected chi connectivity index (χ2v) is 3.60. The van der Waals surface area contributed by atoms with Gasteiger partial charge in [0.2, 0.25) is 0 Å². The second kappa shape index (κ2) is 4.29. The number of pyridine rings is 1. The van der Waals surface area contributed by atoms with Crippen LogP contribution in [0.1, 0.15) is 23.7 Å². The molecule has 0 saturated carbocycles. The number of rotatable bonds is 3. The fourth-order valence-electron chi connectivity index (χ4n) is 1.68. The van der Waals surface area contributed by atoms with Crippen molar-refractivity contribution in [1.29, 1.82) is 0 Å². The Kier molecular flexibility index (Phi) is 2.82. The lowest BCUT2D eigenvalue weighted by atomic mass is 10.0. The number of aromatic nitrogens is 1. The van der Waals surface area contributed by atoms with Crippen LogP contribution in [0, 0.1) is 10.1 Å². The first-order valence-corrected chi connectivity index (χ1v) is 5.20. The van der Waals surface area contributed by atoms with Crippen molar-refractivity contribution in [3.63, 3.8) is 0 Å². The first-order chi connectivity index (χ1) is 8.13.